The number of rotatable bonds is 5. The summed E-state index contributed by atoms with van der Waals surface area (Å²) in [5, 5.41) is 9.77. The maximum atomic E-state index is 9.77. The molecule has 1 aromatic heterocycles. The predicted octanol–water partition coefficient (Wildman–Crippen LogP) is 4.68. The molecular formula is C20H35BN2O2Si. The Kier molecular flexibility index (Phi) is 5.61. The zero-order valence-electron chi connectivity index (χ0n) is 18.2. The van der Waals surface area contributed by atoms with Crippen LogP contribution < -0.4 is 5.46 Å². The van der Waals surface area contributed by atoms with Gasteiger partial charge in [0, 0.05) is 11.7 Å². The van der Waals surface area contributed by atoms with Crippen LogP contribution in [0.25, 0.3) is 0 Å². The molecule has 0 saturated carbocycles. The lowest BCUT2D eigenvalue weighted by atomic mass is 9.79. The zero-order valence-corrected chi connectivity index (χ0v) is 19.2. The molecule has 6 heteroatoms. The number of aromatic nitrogens is 1. The summed E-state index contributed by atoms with van der Waals surface area (Å²) in [6.07, 6.45) is 4.19. The van der Waals surface area contributed by atoms with E-state index in [0.29, 0.717) is 22.2 Å². The lowest BCUT2D eigenvalue weighted by Crippen LogP contribution is -2.51. The first-order valence-corrected chi connectivity index (χ1v) is 12.0. The second-order valence-corrected chi connectivity index (χ2v) is 15.3. The number of hydrogen-bond acceptors (Lipinski definition) is 3. The number of hydrogen-bond donors (Lipinski definition) is 0. The van der Waals surface area contributed by atoms with Gasteiger partial charge in [-0.1, -0.05) is 41.5 Å². The van der Waals surface area contributed by atoms with Crippen LogP contribution in [0.4, 0.5) is 0 Å². The van der Waals surface area contributed by atoms with Gasteiger partial charge in [0.15, 0.2) is 8.24 Å². The van der Waals surface area contributed by atoms with Gasteiger partial charge in [-0.25, -0.2) is 0 Å². The Morgan fingerprint density at radius 2 is 1.35 bits per heavy atom. The van der Waals surface area contributed by atoms with Crippen LogP contribution in [-0.4, -0.2) is 30.8 Å². The molecule has 2 rings (SSSR count). The van der Waals surface area contributed by atoms with Gasteiger partial charge in [-0.15, -0.1) is 0 Å². The first-order valence-electron chi connectivity index (χ1n) is 9.79. The van der Waals surface area contributed by atoms with E-state index in [0.717, 1.165) is 5.46 Å². The summed E-state index contributed by atoms with van der Waals surface area (Å²) in [5.41, 5.74) is 2.41. The summed E-state index contributed by atoms with van der Waals surface area (Å²) in [7, 11) is -2.39. The molecule has 144 valence electrons. The second-order valence-electron chi connectivity index (χ2n) is 9.59. The number of nitriles is 1. The fourth-order valence-electron chi connectivity index (χ4n) is 4.84. The summed E-state index contributed by atoms with van der Waals surface area (Å²) >= 11 is 0. The molecule has 1 fully saturated rings. The molecule has 1 saturated heterocycles. The van der Waals surface area contributed by atoms with Gasteiger partial charge >= 0.3 is 7.12 Å². The van der Waals surface area contributed by atoms with Gasteiger partial charge in [0.1, 0.15) is 6.07 Å². The molecule has 0 atom stereocenters. The molecule has 2 heterocycles. The van der Waals surface area contributed by atoms with E-state index in [-0.39, 0.29) is 0 Å². The molecule has 0 radical (unpaired) electrons. The van der Waals surface area contributed by atoms with Crippen LogP contribution in [0.2, 0.25) is 16.6 Å². The first-order chi connectivity index (χ1) is 11.8. The predicted molar refractivity (Wildman–Crippen MR) is 111 cm³/mol. The molecule has 1 aliphatic rings. The Morgan fingerprint density at radius 3 is 1.69 bits per heavy atom. The van der Waals surface area contributed by atoms with Crippen LogP contribution in [0.3, 0.4) is 0 Å². The van der Waals surface area contributed by atoms with Crippen molar-refractivity contribution in [2.75, 3.05) is 0 Å². The number of nitrogens with zero attached hydrogens (tertiary/aromatic N) is 2. The van der Waals surface area contributed by atoms with Crippen molar-refractivity contribution in [1.82, 2.24) is 4.23 Å². The van der Waals surface area contributed by atoms with E-state index in [2.05, 4.69) is 58.0 Å². The molecule has 1 aliphatic heterocycles. The van der Waals surface area contributed by atoms with Gasteiger partial charge in [0.05, 0.1) is 16.8 Å². The molecule has 0 amide bonds. The minimum absolute atomic E-state index is 0.408. The van der Waals surface area contributed by atoms with E-state index in [1.54, 1.807) is 0 Å². The van der Waals surface area contributed by atoms with E-state index < -0.39 is 26.6 Å². The van der Waals surface area contributed by atoms with Crippen LogP contribution in [0, 0.1) is 11.3 Å². The Balaban J connectivity index is 2.58. The Morgan fingerprint density at radius 1 is 0.923 bits per heavy atom. The second kappa shape index (κ2) is 6.85. The summed E-state index contributed by atoms with van der Waals surface area (Å²) in [6, 6.07) is 2.38. The van der Waals surface area contributed by atoms with Crippen LogP contribution >= 0.6 is 0 Å². The third kappa shape index (κ3) is 3.08. The maximum Gasteiger partial charge on any atom is 0.497 e. The maximum absolute atomic E-state index is 9.77. The van der Waals surface area contributed by atoms with E-state index in [9.17, 15) is 5.26 Å². The van der Waals surface area contributed by atoms with Crippen LogP contribution in [-0.2, 0) is 9.31 Å². The normalized spacial score (nSPS) is 19.6. The summed E-state index contributed by atoms with van der Waals surface area (Å²) in [4.78, 5) is 0. The van der Waals surface area contributed by atoms with Gasteiger partial charge in [0.2, 0.25) is 0 Å². The molecule has 0 spiro atoms. The van der Waals surface area contributed by atoms with Crippen molar-refractivity contribution < 1.29 is 9.31 Å². The summed E-state index contributed by atoms with van der Waals surface area (Å²) in [6.45, 7) is 22.1. The third-order valence-electron chi connectivity index (χ3n) is 6.71. The average molecular weight is 374 g/mol. The van der Waals surface area contributed by atoms with Crippen molar-refractivity contribution in [3.8, 4) is 6.07 Å². The molecule has 1 aromatic rings. The largest absolute Gasteiger partial charge is 0.497 e. The zero-order chi connectivity index (χ0) is 20.1. The van der Waals surface area contributed by atoms with Crippen LogP contribution in [0.15, 0.2) is 12.4 Å². The van der Waals surface area contributed by atoms with Gasteiger partial charge < -0.3 is 13.5 Å². The lowest BCUT2D eigenvalue weighted by Gasteiger charge is -2.44. The summed E-state index contributed by atoms with van der Waals surface area (Å²) in [5.74, 6) is 0. The lowest BCUT2D eigenvalue weighted by molar-refractivity contribution is 0.00578. The van der Waals surface area contributed by atoms with E-state index in [4.69, 9.17) is 9.31 Å². The van der Waals surface area contributed by atoms with E-state index in [1.807, 2.05) is 33.9 Å². The van der Waals surface area contributed by atoms with Gasteiger partial charge in [-0.3, -0.25) is 0 Å². The standard InChI is InChI=1S/C20H35BN2O2Si/c1-14(2)26(15(3)4,16(5)6)23-12-17(11-22)18(13-23)21-24-19(7,8)20(9,10)25-21/h12-16H,1-10H3. The highest BCUT2D eigenvalue weighted by atomic mass is 28.3. The van der Waals surface area contributed by atoms with Crippen molar-refractivity contribution in [2.24, 2.45) is 0 Å². The SMILES string of the molecule is CC(C)[Si](C(C)C)(C(C)C)n1cc(C#N)c(B2OC(C)(C)C(C)(C)O2)c1. The van der Waals surface area contributed by atoms with Crippen LogP contribution in [0.1, 0.15) is 74.8 Å². The van der Waals surface area contributed by atoms with Crippen molar-refractivity contribution in [3.05, 3.63) is 18.0 Å². The highest BCUT2D eigenvalue weighted by molar-refractivity contribution is 6.82. The van der Waals surface area contributed by atoms with Gasteiger partial charge in [-0.2, -0.15) is 5.26 Å². The Hall–Kier alpha value is -1.03. The van der Waals surface area contributed by atoms with Crippen molar-refractivity contribution in [1.29, 1.82) is 5.26 Å². The molecule has 0 aromatic carbocycles. The summed E-state index contributed by atoms with van der Waals surface area (Å²) < 4.78 is 14.9. The molecule has 0 N–H and O–H groups in total. The quantitative estimate of drug-likeness (QED) is 0.703. The monoisotopic (exact) mass is 374 g/mol. The molecule has 0 aliphatic carbocycles. The highest BCUT2D eigenvalue weighted by Crippen LogP contribution is 2.43. The minimum atomic E-state index is -1.90. The Bertz CT molecular complexity index is 663. The topological polar surface area (TPSA) is 47.2 Å². The Labute approximate surface area is 161 Å². The minimum Gasteiger partial charge on any atom is -0.399 e. The van der Waals surface area contributed by atoms with Crippen molar-refractivity contribution >= 4 is 20.8 Å². The fourth-order valence-corrected chi connectivity index (χ4v) is 11.3. The van der Waals surface area contributed by atoms with Crippen LogP contribution in [0.5, 0.6) is 0 Å². The van der Waals surface area contributed by atoms with Crippen molar-refractivity contribution in [3.63, 3.8) is 0 Å². The van der Waals surface area contributed by atoms with Gasteiger partial charge in [0.25, 0.3) is 0 Å². The van der Waals surface area contributed by atoms with Gasteiger partial charge in [-0.05, 0) is 50.5 Å². The average Bonchev–Trinajstić information content (AvgIpc) is 2.97. The third-order valence-corrected chi connectivity index (χ3v) is 13.4. The highest BCUT2D eigenvalue weighted by Gasteiger charge is 2.53. The van der Waals surface area contributed by atoms with Crippen molar-refractivity contribution in [2.45, 2.75) is 97.1 Å². The molecule has 0 bridgehead atoms. The first kappa shape index (κ1) is 21.3. The van der Waals surface area contributed by atoms with E-state index >= 15 is 0 Å². The molecular weight excluding hydrogens is 339 g/mol. The van der Waals surface area contributed by atoms with E-state index in [1.165, 1.54) is 0 Å². The molecule has 26 heavy (non-hydrogen) atoms. The molecule has 0 unspecified atom stereocenters. The molecule has 4 nitrogen and oxygen atoms in total. The fraction of sp³-hybridized carbons (Fsp3) is 0.750. The smallest absolute Gasteiger partial charge is 0.399 e.